The van der Waals surface area contributed by atoms with Gasteiger partial charge in [0.2, 0.25) is 0 Å². The second-order valence-corrected chi connectivity index (χ2v) is 4.47. The number of nitrogens with zero attached hydrogens (tertiary/aromatic N) is 1. The summed E-state index contributed by atoms with van der Waals surface area (Å²) in [4.78, 5) is 13.6. The van der Waals surface area contributed by atoms with E-state index >= 15 is 0 Å². The zero-order valence-electron chi connectivity index (χ0n) is 11.1. The van der Waals surface area contributed by atoms with E-state index in [1.165, 1.54) is 0 Å². The number of ether oxygens (including phenoxy) is 1. The second-order valence-electron chi connectivity index (χ2n) is 4.47. The fraction of sp³-hybridized carbons (Fsp3) is 0.357. The van der Waals surface area contributed by atoms with Crippen LogP contribution in [0.15, 0.2) is 30.2 Å². The molecular formula is C14H17FN2O2. The molecule has 5 heteroatoms. The van der Waals surface area contributed by atoms with Gasteiger partial charge in [-0.15, -0.1) is 0 Å². The summed E-state index contributed by atoms with van der Waals surface area (Å²) in [5, 5.41) is 2.70. The summed E-state index contributed by atoms with van der Waals surface area (Å²) in [6.45, 7) is 0.848. The molecule has 0 aromatic heterocycles. The van der Waals surface area contributed by atoms with Gasteiger partial charge in [-0.3, -0.25) is 4.79 Å². The maximum atomic E-state index is 12.4. The van der Waals surface area contributed by atoms with Crippen molar-refractivity contribution in [3.05, 3.63) is 41.4 Å². The molecule has 0 fully saturated rings. The van der Waals surface area contributed by atoms with Crippen molar-refractivity contribution < 1.29 is 13.9 Å². The predicted molar refractivity (Wildman–Crippen MR) is 70.9 cm³/mol. The topological polar surface area (TPSA) is 41.6 Å². The lowest BCUT2D eigenvalue weighted by atomic mass is 9.99. The van der Waals surface area contributed by atoms with E-state index in [-0.39, 0.29) is 12.5 Å². The van der Waals surface area contributed by atoms with E-state index in [4.69, 9.17) is 4.74 Å². The van der Waals surface area contributed by atoms with Crippen molar-refractivity contribution in [3.8, 4) is 5.75 Å². The molecule has 1 aliphatic rings. The summed E-state index contributed by atoms with van der Waals surface area (Å²) < 4.78 is 17.9. The fourth-order valence-corrected chi connectivity index (χ4v) is 1.99. The third-order valence-corrected chi connectivity index (χ3v) is 3.22. The number of rotatable bonds is 4. The van der Waals surface area contributed by atoms with Gasteiger partial charge in [-0.25, -0.2) is 4.39 Å². The average molecular weight is 264 g/mol. The van der Waals surface area contributed by atoms with Gasteiger partial charge in [0.15, 0.2) is 0 Å². The minimum Gasteiger partial charge on any atom is -0.487 e. The largest absolute Gasteiger partial charge is 0.487 e. The van der Waals surface area contributed by atoms with Crippen LogP contribution in [-0.2, 0) is 6.42 Å². The van der Waals surface area contributed by atoms with Crippen molar-refractivity contribution in [1.29, 1.82) is 0 Å². The zero-order chi connectivity index (χ0) is 13.8. The Morgan fingerprint density at radius 1 is 1.58 bits per heavy atom. The summed E-state index contributed by atoms with van der Waals surface area (Å²) in [5.74, 6) is 0.679. The van der Waals surface area contributed by atoms with Gasteiger partial charge in [-0.2, -0.15) is 0 Å². The highest BCUT2D eigenvalue weighted by molar-refractivity contribution is 5.96. The van der Waals surface area contributed by atoms with Gasteiger partial charge < -0.3 is 15.0 Å². The van der Waals surface area contributed by atoms with Gasteiger partial charge >= 0.3 is 0 Å². The van der Waals surface area contributed by atoms with Crippen molar-refractivity contribution in [1.82, 2.24) is 10.2 Å². The van der Waals surface area contributed by atoms with E-state index in [1.54, 1.807) is 31.1 Å². The average Bonchev–Trinajstić information content (AvgIpc) is 2.44. The molecule has 1 aliphatic heterocycles. The predicted octanol–water partition coefficient (Wildman–Crippen LogP) is 1.72. The van der Waals surface area contributed by atoms with E-state index in [9.17, 15) is 9.18 Å². The molecule has 102 valence electrons. The van der Waals surface area contributed by atoms with Gasteiger partial charge in [0, 0.05) is 26.2 Å². The standard InChI is InChI=1S/C14H17FN2O2/c1-16-11(8-15)9-19-12-3-4-13-10(7-12)5-6-17(2)14(13)18/h3-4,7-8,16H,5-6,9H2,1-2H3/b11-8-. The maximum Gasteiger partial charge on any atom is 0.253 e. The lowest BCUT2D eigenvalue weighted by Crippen LogP contribution is -2.34. The molecular weight excluding hydrogens is 247 g/mol. The van der Waals surface area contributed by atoms with Crippen molar-refractivity contribution in [2.45, 2.75) is 6.42 Å². The Morgan fingerprint density at radius 3 is 3.05 bits per heavy atom. The number of nitrogens with one attached hydrogen (secondary N) is 1. The summed E-state index contributed by atoms with van der Waals surface area (Å²) >= 11 is 0. The molecule has 0 aliphatic carbocycles. The van der Waals surface area contributed by atoms with Gasteiger partial charge in [0.25, 0.3) is 5.91 Å². The van der Waals surface area contributed by atoms with E-state index in [0.29, 0.717) is 24.3 Å². The molecule has 4 nitrogen and oxygen atoms in total. The Hall–Kier alpha value is -2.04. The molecule has 19 heavy (non-hydrogen) atoms. The van der Waals surface area contributed by atoms with Crippen LogP contribution in [0.3, 0.4) is 0 Å². The van der Waals surface area contributed by atoms with E-state index in [1.807, 2.05) is 6.07 Å². The quantitative estimate of drug-likeness (QED) is 0.900. The molecule has 2 rings (SSSR count). The van der Waals surface area contributed by atoms with E-state index < -0.39 is 0 Å². The Balaban J connectivity index is 2.12. The van der Waals surface area contributed by atoms with Crippen LogP contribution in [0.4, 0.5) is 4.39 Å². The molecule has 0 bridgehead atoms. The number of carbonyl (C=O) groups excluding carboxylic acids is 1. The Labute approximate surface area is 111 Å². The summed E-state index contributed by atoms with van der Waals surface area (Å²) in [5.41, 5.74) is 2.07. The van der Waals surface area contributed by atoms with E-state index in [2.05, 4.69) is 5.32 Å². The minimum absolute atomic E-state index is 0.0346. The summed E-state index contributed by atoms with van der Waals surface area (Å²) in [6.07, 6.45) is 1.30. The molecule has 0 spiro atoms. The molecule has 1 heterocycles. The smallest absolute Gasteiger partial charge is 0.253 e. The van der Waals surface area contributed by atoms with Crippen LogP contribution in [0.1, 0.15) is 15.9 Å². The van der Waals surface area contributed by atoms with Crippen molar-refractivity contribution in [3.63, 3.8) is 0 Å². The van der Waals surface area contributed by atoms with Crippen molar-refractivity contribution in [2.75, 3.05) is 27.2 Å². The van der Waals surface area contributed by atoms with E-state index in [0.717, 1.165) is 17.5 Å². The molecule has 0 saturated heterocycles. The number of hydrogen-bond acceptors (Lipinski definition) is 3. The Morgan fingerprint density at radius 2 is 2.37 bits per heavy atom. The molecule has 1 amide bonds. The maximum absolute atomic E-state index is 12.4. The first-order chi connectivity index (χ1) is 9.15. The molecule has 1 aromatic carbocycles. The van der Waals surface area contributed by atoms with Crippen LogP contribution < -0.4 is 10.1 Å². The van der Waals surface area contributed by atoms with Crippen LogP contribution in [0.2, 0.25) is 0 Å². The third kappa shape index (κ3) is 2.86. The van der Waals surface area contributed by atoms with Crippen LogP contribution in [-0.4, -0.2) is 38.1 Å². The van der Waals surface area contributed by atoms with Crippen molar-refractivity contribution >= 4 is 5.91 Å². The van der Waals surface area contributed by atoms with Gasteiger partial charge in [0.1, 0.15) is 18.7 Å². The lowest BCUT2D eigenvalue weighted by molar-refractivity contribution is 0.0781. The molecule has 0 radical (unpaired) electrons. The number of carbonyl (C=O) groups is 1. The number of fused-ring (bicyclic) bond motifs is 1. The van der Waals surface area contributed by atoms with Crippen LogP contribution in [0, 0.1) is 0 Å². The molecule has 1 N–H and O–H groups in total. The first kappa shape index (κ1) is 13.4. The third-order valence-electron chi connectivity index (χ3n) is 3.22. The Kier molecular flexibility index (Phi) is 4.04. The monoisotopic (exact) mass is 264 g/mol. The molecule has 0 unspecified atom stereocenters. The number of hydrogen-bond donors (Lipinski definition) is 1. The normalized spacial score (nSPS) is 15.2. The number of benzene rings is 1. The SMILES string of the molecule is CN/C(=C\F)COc1ccc2c(c1)CCN(C)C2=O. The lowest BCUT2D eigenvalue weighted by Gasteiger charge is -2.25. The first-order valence-corrected chi connectivity index (χ1v) is 6.14. The summed E-state index contributed by atoms with van der Waals surface area (Å²) in [7, 11) is 3.43. The minimum atomic E-state index is 0.0346. The van der Waals surface area contributed by atoms with Crippen LogP contribution >= 0.6 is 0 Å². The highest BCUT2D eigenvalue weighted by atomic mass is 19.1. The number of likely N-dealkylation sites (N-methyl/N-ethyl adjacent to an activating group) is 2. The highest BCUT2D eigenvalue weighted by Gasteiger charge is 2.21. The van der Waals surface area contributed by atoms with Crippen molar-refractivity contribution in [2.24, 2.45) is 0 Å². The highest BCUT2D eigenvalue weighted by Crippen LogP contribution is 2.23. The van der Waals surface area contributed by atoms with Crippen LogP contribution in [0.25, 0.3) is 0 Å². The number of halogens is 1. The van der Waals surface area contributed by atoms with Gasteiger partial charge in [-0.05, 0) is 30.2 Å². The molecule has 0 atom stereocenters. The molecule has 1 aromatic rings. The summed E-state index contributed by atoms with van der Waals surface area (Å²) in [6, 6.07) is 5.36. The van der Waals surface area contributed by atoms with Gasteiger partial charge in [-0.1, -0.05) is 0 Å². The second kappa shape index (κ2) is 5.73. The number of amides is 1. The first-order valence-electron chi connectivity index (χ1n) is 6.14. The van der Waals surface area contributed by atoms with Crippen LogP contribution in [0.5, 0.6) is 5.75 Å². The molecule has 0 saturated carbocycles. The zero-order valence-corrected chi connectivity index (χ0v) is 11.1. The Bertz CT molecular complexity index is 514. The van der Waals surface area contributed by atoms with Gasteiger partial charge in [0.05, 0.1) is 5.70 Å². The fourth-order valence-electron chi connectivity index (χ4n) is 1.99.